The number of thiazole rings is 1. The second-order valence-corrected chi connectivity index (χ2v) is 7.36. The maximum atomic E-state index is 11.6. The fourth-order valence-corrected chi connectivity index (χ4v) is 4.16. The summed E-state index contributed by atoms with van der Waals surface area (Å²) in [4.78, 5) is 16.7. The molecule has 0 unspecified atom stereocenters. The van der Waals surface area contributed by atoms with Gasteiger partial charge in [0.25, 0.3) is 0 Å². The molecule has 0 fully saturated rings. The minimum Gasteiger partial charge on any atom is -0.492 e. The molecular formula is C22H19N3O3S. The van der Waals surface area contributed by atoms with E-state index >= 15 is 0 Å². The zero-order valence-corrected chi connectivity index (χ0v) is 16.8. The molecule has 0 amide bonds. The smallest absolute Gasteiger partial charge is 0.355 e. The van der Waals surface area contributed by atoms with Gasteiger partial charge >= 0.3 is 5.97 Å². The van der Waals surface area contributed by atoms with E-state index in [1.807, 2.05) is 67.6 Å². The van der Waals surface area contributed by atoms with Gasteiger partial charge in [-0.05, 0) is 6.42 Å². The molecule has 7 heteroatoms. The molecule has 146 valence electrons. The van der Waals surface area contributed by atoms with Crippen LogP contribution in [0.4, 0.5) is 0 Å². The quantitative estimate of drug-likeness (QED) is 0.492. The third-order valence-corrected chi connectivity index (χ3v) is 5.71. The lowest BCUT2D eigenvalue weighted by Gasteiger charge is -2.07. The molecule has 0 spiro atoms. The summed E-state index contributed by atoms with van der Waals surface area (Å²) in [6, 6.07) is 19.5. The van der Waals surface area contributed by atoms with Crippen molar-refractivity contribution in [2.24, 2.45) is 0 Å². The van der Waals surface area contributed by atoms with Gasteiger partial charge in [0.15, 0.2) is 11.4 Å². The zero-order chi connectivity index (χ0) is 20.4. The summed E-state index contributed by atoms with van der Waals surface area (Å²) in [6.45, 7) is 1.92. The Morgan fingerprint density at radius 2 is 1.69 bits per heavy atom. The monoisotopic (exact) mass is 405 g/mol. The van der Waals surface area contributed by atoms with Gasteiger partial charge in [-0.3, -0.25) is 0 Å². The van der Waals surface area contributed by atoms with Gasteiger partial charge in [0.1, 0.15) is 11.4 Å². The van der Waals surface area contributed by atoms with Gasteiger partial charge in [-0.25, -0.2) is 14.5 Å². The molecule has 2 aromatic carbocycles. The van der Waals surface area contributed by atoms with Crippen molar-refractivity contribution in [3.8, 4) is 33.4 Å². The fraction of sp³-hybridized carbons (Fsp3) is 0.136. The van der Waals surface area contributed by atoms with Crippen molar-refractivity contribution >= 4 is 17.3 Å². The first kappa shape index (κ1) is 18.9. The SMILES string of the molecule is CCc1sc(-n2nc(-c3ccccc3)c(OC)c2-c2ccccc2)nc1C(=O)O. The highest BCUT2D eigenvalue weighted by molar-refractivity contribution is 7.14. The van der Waals surface area contributed by atoms with E-state index in [4.69, 9.17) is 9.84 Å². The number of hydrogen-bond acceptors (Lipinski definition) is 5. The Hall–Kier alpha value is -3.45. The molecule has 2 aromatic heterocycles. The predicted octanol–water partition coefficient (Wildman–Crippen LogP) is 4.93. The Bertz CT molecular complexity index is 1150. The third kappa shape index (κ3) is 3.40. The Kier molecular flexibility index (Phi) is 5.14. The Balaban J connectivity index is 2.01. The van der Waals surface area contributed by atoms with Gasteiger partial charge in [0.2, 0.25) is 5.13 Å². The average Bonchev–Trinajstić information content (AvgIpc) is 3.36. The molecule has 0 aliphatic carbocycles. The number of aryl methyl sites for hydroxylation is 1. The van der Waals surface area contributed by atoms with Crippen molar-refractivity contribution in [1.82, 2.24) is 14.8 Å². The number of carbonyl (C=O) groups is 1. The van der Waals surface area contributed by atoms with Crippen LogP contribution in [0, 0.1) is 0 Å². The largest absolute Gasteiger partial charge is 0.492 e. The van der Waals surface area contributed by atoms with Crippen LogP contribution in [-0.4, -0.2) is 33.0 Å². The van der Waals surface area contributed by atoms with Crippen LogP contribution in [0.2, 0.25) is 0 Å². The number of hydrogen-bond donors (Lipinski definition) is 1. The van der Waals surface area contributed by atoms with E-state index in [0.717, 1.165) is 16.8 Å². The topological polar surface area (TPSA) is 77.2 Å². The highest BCUT2D eigenvalue weighted by Gasteiger charge is 2.26. The number of aromatic nitrogens is 3. The third-order valence-electron chi connectivity index (χ3n) is 4.53. The van der Waals surface area contributed by atoms with Gasteiger partial charge in [0.05, 0.1) is 7.11 Å². The predicted molar refractivity (Wildman–Crippen MR) is 113 cm³/mol. The van der Waals surface area contributed by atoms with Crippen molar-refractivity contribution in [2.45, 2.75) is 13.3 Å². The Morgan fingerprint density at radius 1 is 1.07 bits per heavy atom. The second kappa shape index (κ2) is 7.89. The van der Waals surface area contributed by atoms with Gasteiger partial charge in [-0.2, -0.15) is 5.10 Å². The number of nitrogens with zero attached hydrogens (tertiary/aromatic N) is 3. The zero-order valence-electron chi connectivity index (χ0n) is 16.0. The summed E-state index contributed by atoms with van der Waals surface area (Å²) in [6.07, 6.45) is 0.587. The molecule has 2 heterocycles. The van der Waals surface area contributed by atoms with Gasteiger partial charge < -0.3 is 9.84 Å². The molecule has 0 atom stereocenters. The molecular weight excluding hydrogens is 386 g/mol. The van der Waals surface area contributed by atoms with E-state index in [0.29, 0.717) is 27.9 Å². The minimum absolute atomic E-state index is 0.0715. The van der Waals surface area contributed by atoms with Crippen molar-refractivity contribution in [1.29, 1.82) is 0 Å². The van der Waals surface area contributed by atoms with E-state index in [-0.39, 0.29) is 5.69 Å². The molecule has 4 rings (SSSR count). The lowest BCUT2D eigenvalue weighted by atomic mass is 10.1. The summed E-state index contributed by atoms with van der Waals surface area (Å²) in [5, 5.41) is 14.8. The lowest BCUT2D eigenvalue weighted by molar-refractivity contribution is 0.0690. The Labute approximate surface area is 172 Å². The normalized spacial score (nSPS) is 10.8. The highest BCUT2D eigenvalue weighted by Crippen LogP contribution is 2.41. The van der Waals surface area contributed by atoms with Crippen LogP contribution in [-0.2, 0) is 6.42 Å². The van der Waals surface area contributed by atoms with Crippen LogP contribution in [0.25, 0.3) is 27.6 Å². The van der Waals surface area contributed by atoms with Crippen molar-refractivity contribution in [2.75, 3.05) is 7.11 Å². The number of rotatable bonds is 6. The van der Waals surface area contributed by atoms with Crippen molar-refractivity contribution in [3.05, 3.63) is 71.2 Å². The van der Waals surface area contributed by atoms with E-state index in [1.165, 1.54) is 11.3 Å². The van der Waals surface area contributed by atoms with Gasteiger partial charge in [-0.15, -0.1) is 0 Å². The molecule has 6 nitrogen and oxygen atoms in total. The van der Waals surface area contributed by atoms with Crippen LogP contribution in [0.3, 0.4) is 0 Å². The van der Waals surface area contributed by atoms with Crippen molar-refractivity contribution in [3.63, 3.8) is 0 Å². The Morgan fingerprint density at radius 3 is 2.21 bits per heavy atom. The molecule has 0 aliphatic rings. The second-order valence-electron chi connectivity index (χ2n) is 6.30. The van der Waals surface area contributed by atoms with Gasteiger partial charge in [-0.1, -0.05) is 78.9 Å². The van der Waals surface area contributed by atoms with Crippen LogP contribution in [0.15, 0.2) is 60.7 Å². The first-order valence-electron chi connectivity index (χ1n) is 9.15. The summed E-state index contributed by atoms with van der Waals surface area (Å²) >= 11 is 1.33. The maximum Gasteiger partial charge on any atom is 0.355 e. The van der Waals surface area contributed by atoms with E-state index in [1.54, 1.807) is 11.8 Å². The van der Waals surface area contributed by atoms with E-state index in [9.17, 15) is 9.90 Å². The molecule has 29 heavy (non-hydrogen) atoms. The average molecular weight is 405 g/mol. The number of aromatic carboxylic acids is 1. The first-order chi connectivity index (χ1) is 14.1. The minimum atomic E-state index is -1.03. The molecule has 0 radical (unpaired) electrons. The van der Waals surface area contributed by atoms with Gasteiger partial charge in [0, 0.05) is 16.0 Å². The molecule has 0 aliphatic heterocycles. The van der Waals surface area contributed by atoms with E-state index < -0.39 is 5.97 Å². The van der Waals surface area contributed by atoms with E-state index in [2.05, 4.69) is 4.98 Å². The fourth-order valence-electron chi connectivity index (χ4n) is 3.21. The molecule has 0 saturated carbocycles. The number of ether oxygens (including phenoxy) is 1. The summed E-state index contributed by atoms with van der Waals surface area (Å²) in [5.41, 5.74) is 3.30. The number of carboxylic acid groups (broad SMARTS) is 1. The molecule has 0 saturated heterocycles. The van der Waals surface area contributed by atoms with Crippen molar-refractivity contribution < 1.29 is 14.6 Å². The number of methoxy groups -OCH3 is 1. The van der Waals surface area contributed by atoms with Crippen LogP contribution >= 0.6 is 11.3 Å². The summed E-state index contributed by atoms with van der Waals surface area (Å²) in [5.74, 6) is -0.416. The number of benzene rings is 2. The van der Waals surface area contributed by atoms with Crippen LogP contribution in [0.5, 0.6) is 5.75 Å². The first-order valence-corrected chi connectivity index (χ1v) is 9.96. The van der Waals surface area contributed by atoms with Crippen LogP contribution < -0.4 is 4.74 Å². The number of carboxylic acids is 1. The summed E-state index contributed by atoms with van der Waals surface area (Å²) in [7, 11) is 1.61. The highest BCUT2D eigenvalue weighted by atomic mass is 32.1. The molecule has 1 N–H and O–H groups in total. The lowest BCUT2D eigenvalue weighted by Crippen LogP contribution is -2.03. The molecule has 0 bridgehead atoms. The maximum absolute atomic E-state index is 11.6. The summed E-state index contributed by atoms with van der Waals surface area (Å²) < 4.78 is 7.46. The van der Waals surface area contributed by atoms with Crippen LogP contribution in [0.1, 0.15) is 22.3 Å². The standard InChI is InChI=1S/C22H19N3O3S/c1-3-16-18(21(26)27)23-22(29-16)25-19(15-12-8-5-9-13-15)20(28-2)17(24-25)14-10-6-4-7-11-14/h4-13H,3H2,1-2H3,(H,26,27). The molecule has 4 aromatic rings.